The lowest BCUT2D eigenvalue weighted by Crippen LogP contribution is -2.43. The first-order valence-corrected chi connectivity index (χ1v) is 10.4. The number of nitrogens with one attached hydrogen (secondary N) is 1. The molecule has 1 fully saturated rings. The van der Waals surface area contributed by atoms with Gasteiger partial charge in [-0.2, -0.15) is 13.2 Å². The topological polar surface area (TPSA) is 64.6 Å². The molecule has 1 heterocycles. The number of rotatable bonds is 3. The summed E-state index contributed by atoms with van der Waals surface area (Å²) in [5, 5.41) is 0. The molecule has 0 atom stereocenters. The van der Waals surface area contributed by atoms with Crippen molar-refractivity contribution in [1.82, 2.24) is 4.72 Å². The maximum Gasteiger partial charge on any atom is 0.495 e. The predicted molar refractivity (Wildman–Crippen MR) is 102 cm³/mol. The van der Waals surface area contributed by atoms with E-state index in [-0.39, 0.29) is 5.46 Å². The highest BCUT2D eigenvalue weighted by Gasteiger charge is 2.54. The van der Waals surface area contributed by atoms with Crippen LogP contribution in [-0.2, 0) is 25.5 Å². The second kappa shape index (κ2) is 6.72. The van der Waals surface area contributed by atoms with Crippen LogP contribution in [0.3, 0.4) is 0 Å². The maximum absolute atomic E-state index is 13.9. The van der Waals surface area contributed by atoms with Gasteiger partial charge in [0, 0.05) is 5.54 Å². The van der Waals surface area contributed by atoms with Crippen LogP contribution < -0.4 is 10.2 Å². The summed E-state index contributed by atoms with van der Waals surface area (Å²) >= 11 is 0. The fraction of sp³-hybridized carbons (Fsp3) is 0.667. The van der Waals surface area contributed by atoms with Crippen LogP contribution in [0.2, 0.25) is 0 Å². The quantitative estimate of drug-likeness (QED) is 0.761. The summed E-state index contributed by atoms with van der Waals surface area (Å²) in [6.45, 7) is 12.9. The second-order valence-corrected chi connectivity index (χ2v) is 10.7. The van der Waals surface area contributed by atoms with Crippen molar-refractivity contribution in [3.05, 3.63) is 23.3 Å². The SMILES string of the molecule is Cc1c(S(=O)(=O)NC(C)(C)C)ccc(B2OC(C)(C)C(C)(C)O2)c1C(F)(F)F. The summed E-state index contributed by atoms with van der Waals surface area (Å²) in [6.07, 6.45) is -4.78. The lowest BCUT2D eigenvalue weighted by molar-refractivity contribution is -0.137. The monoisotopic (exact) mass is 421 g/mol. The van der Waals surface area contributed by atoms with Crippen molar-refractivity contribution < 1.29 is 30.9 Å². The summed E-state index contributed by atoms with van der Waals surface area (Å²) in [5.41, 5.74) is -4.17. The highest BCUT2D eigenvalue weighted by Crippen LogP contribution is 2.39. The fourth-order valence-electron chi connectivity index (χ4n) is 3.01. The summed E-state index contributed by atoms with van der Waals surface area (Å²) in [6, 6.07) is 2.29. The highest BCUT2D eigenvalue weighted by atomic mass is 32.2. The molecule has 10 heteroatoms. The van der Waals surface area contributed by atoms with Crippen LogP contribution in [0.4, 0.5) is 13.2 Å². The Morgan fingerprint density at radius 3 is 1.86 bits per heavy atom. The molecule has 0 aromatic heterocycles. The molecule has 0 aliphatic carbocycles. The van der Waals surface area contributed by atoms with Crippen molar-refractivity contribution in [1.29, 1.82) is 0 Å². The van der Waals surface area contributed by atoms with Gasteiger partial charge in [-0.3, -0.25) is 0 Å². The minimum atomic E-state index is -4.78. The molecule has 0 unspecified atom stereocenters. The lowest BCUT2D eigenvalue weighted by Gasteiger charge is -2.32. The van der Waals surface area contributed by atoms with Gasteiger partial charge in [0.15, 0.2) is 0 Å². The third-order valence-electron chi connectivity index (χ3n) is 4.97. The Labute approximate surface area is 165 Å². The molecule has 1 aliphatic rings. The normalized spacial score (nSPS) is 19.9. The Bertz CT molecular complexity index is 858. The molecular weight excluding hydrogens is 394 g/mol. The van der Waals surface area contributed by atoms with Gasteiger partial charge < -0.3 is 9.31 Å². The van der Waals surface area contributed by atoms with E-state index in [1.807, 2.05) is 0 Å². The van der Waals surface area contributed by atoms with E-state index in [0.717, 1.165) is 13.0 Å². The van der Waals surface area contributed by atoms with Gasteiger partial charge in [-0.05, 0) is 72.5 Å². The molecule has 1 saturated heterocycles. The first kappa shape index (κ1) is 23.2. The van der Waals surface area contributed by atoms with Gasteiger partial charge in [-0.15, -0.1) is 0 Å². The van der Waals surface area contributed by atoms with Gasteiger partial charge in [0.25, 0.3) is 0 Å². The molecular formula is C18H27BF3NO4S. The van der Waals surface area contributed by atoms with Gasteiger partial charge in [0.05, 0.1) is 21.7 Å². The van der Waals surface area contributed by atoms with Gasteiger partial charge in [0.1, 0.15) is 0 Å². The molecule has 5 nitrogen and oxygen atoms in total. The molecule has 0 radical (unpaired) electrons. The Morgan fingerprint density at radius 1 is 1.00 bits per heavy atom. The van der Waals surface area contributed by atoms with E-state index in [0.29, 0.717) is 0 Å². The maximum atomic E-state index is 13.9. The van der Waals surface area contributed by atoms with E-state index in [2.05, 4.69) is 4.72 Å². The van der Waals surface area contributed by atoms with Crippen molar-refractivity contribution in [3.63, 3.8) is 0 Å². The smallest absolute Gasteiger partial charge is 0.399 e. The lowest BCUT2D eigenvalue weighted by atomic mass is 9.74. The zero-order chi connectivity index (χ0) is 21.9. The Kier molecular flexibility index (Phi) is 5.56. The van der Waals surface area contributed by atoms with E-state index in [1.54, 1.807) is 48.5 Å². The van der Waals surface area contributed by atoms with Crippen molar-refractivity contribution >= 4 is 22.6 Å². The van der Waals surface area contributed by atoms with Crippen LogP contribution in [0, 0.1) is 6.92 Å². The minimum Gasteiger partial charge on any atom is -0.399 e. The molecule has 158 valence electrons. The van der Waals surface area contributed by atoms with Crippen LogP contribution in [-0.4, -0.2) is 32.3 Å². The Balaban J connectivity index is 2.65. The summed E-state index contributed by atoms with van der Waals surface area (Å²) in [5.74, 6) is 0. The van der Waals surface area contributed by atoms with Crippen LogP contribution in [0.5, 0.6) is 0 Å². The Morgan fingerprint density at radius 2 is 1.46 bits per heavy atom. The standard InChI is InChI=1S/C18H27BF3NO4S/c1-11-13(28(24,25)23-15(2,3)4)10-9-12(14(11)18(20,21)22)19-26-16(5,6)17(7,8)27-19/h9-10,23H,1-8H3. The molecule has 28 heavy (non-hydrogen) atoms. The largest absolute Gasteiger partial charge is 0.495 e. The molecule has 1 aromatic rings. The summed E-state index contributed by atoms with van der Waals surface area (Å²) in [4.78, 5) is -0.421. The van der Waals surface area contributed by atoms with Crippen LogP contribution in [0.25, 0.3) is 0 Å². The molecule has 0 spiro atoms. The van der Waals surface area contributed by atoms with E-state index in [9.17, 15) is 21.6 Å². The number of benzene rings is 1. The van der Waals surface area contributed by atoms with Gasteiger partial charge >= 0.3 is 13.3 Å². The van der Waals surface area contributed by atoms with E-state index in [4.69, 9.17) is 9.31 Å². The molecule has 1 N–H and O–H groups in total. The van der Waals surface area contributed by atoms with Crippen molar-refractivity contribution in [2.45, 2.75) is 83.2 Å². The number of hydrogen-bond donors (Lipinski definition) is 1. The molecule has 1 aromatic carbocycles. The van der Waals surface area contributed by atoms with E-state index in [1.165, 1.54) is 6.07 Å². The van der Waals surface area contributed by atoms with Crippen molar-refractivity contribution in [2.75, 3.05) is 0 Å². The van der Waals surface area contributed by atoms with Crippen molar-refractivity contribution in [3.8, 4) is 0 Å². The number of alkyl halides is 3. The zero-order valence-corrected chi connectivity index (χ0v) is 18.2. The van der Waals surface area contributed by atoms with Crippen molar-refractivity contribution in [2.24, 2.45) is 0 Å². The fourth-order valence-corrected chi connectivity index (χ4v) is 4.67. The predicted octanol–water partition coefficient (Wildman–Crippen LogP) is 3.39. The zero-order valence-electron chi connectivity index (χ0n) is 17.4. The Hall–Kier alpha value is -1.10. The molecule has 1 aliphatic heterocycles. The molecule has 2 rings (SSSR count). The molecule has 0 saturated carbocycles. The first-order chi connectivity index (χ1) is 12.3. The average molecular weight is 421 g/mol. The van der Waals surface area contributed by atoms with E-state index >= 15 is 0 Å². The van der Waals surface area contributed by atoms with Crippen LogP contribution >= 0.6 is 0 Å². The first-order valence-electron chi connectivity index (χ1n) is 8.89. The van der Waals surface area contributed by atoms with Crippen LogP contribution in [0.1, 0.15) is 59.6 Å². The van der Waals surface area contributed by atoms with E-state index < -0.39 is 56.1 Å². The number of hydrogen-bond acceptors (Lipinski definition) is 4. The summed E-state index contributed by atoms with van der Waals surface area (Å²) < 4.78 is 81.0. The highest BCUT2D eigenvalue weighted by molar-refractivity contribution is 7.89. The second-order valence-electron chi connectivity index (χ2n) is 9.09. The average Bonchev–Trinajstić information content (AvgIpc) is 2.62. The summed E-state index contributed by atoms with van der Waals surface area (Å²) in [7, 11) is -5.41. The van der Waals surface area contributed by atoms with Gasteiger partial charge in [-0.1, -0.05) is 6.07 Å². The third kappa shape index (κ3) is 4.40. The van der Waals surface area contributed by atoms with Gasteiger partial charge in [0.2, 0.25) is 10.0 Å². The number of halogens is 3. The van der Waals surface area contributed by atoms with Gasteiger partial charge in [-0.25, -0.2) is 13.1 Å². The molecule has 0 bridgehead atoms. The van der Waals surface area contributed by atoms with Crippen LogP contribution in [0.15, 0.2) is 17.0 Å². The number of sulfonamides is 1. The minimum absolute atomic E-state index is 0.238. The third-order valence-corrected chi connectivity index (χ3v) is 6.87. The molecule has 0 amide bonds.